The fourth-order valence-corrected chi connectivity index (χ4v) is 12.2. The van der Waals surface area contributed by atoms with Crippen LogP contribution in [-0.4, -0.2) is 23.0 Å². The van der Waals surface area contributed by atoms with Crippen LogP contribution in [0.4, 0.5) is 0 Å². The molecule has 9 aromatic carbocycles. The summed E-state index contributed by atoms with van der Waals surface area (Å²) in [5.74, 6) is 1.97. The number of fused-ring (bicyclic) bond motifs is 5. The van der Waals surface area contributed by atoms with Crippen LogP contribution in [0.3, 0.4) is 0 Å². The Morgan fingerprint density at radius 2 is 0.763 bits per heavy atom. The minimum atomic E-state index is -1.94. The summed E-state index contributed by atoms with van der Waals surface area (Å²) in [7, 11) is -1.94. The molecule has 0 saturated carbocycles. The lowest BCUT2D eigenvalue weighted by Gasteiger charge is -2.19. The van der Waals surface area contributed by atoms with Gasteiger partial charge in [-0.15, -0.1) is 0 Å². The van der Waals surface area contributed by atoms with Gasteiger partial charge in [-0.3, -0.25) is 0 Å². The zero-order valence-electron chi connectivity index (χ0n) is 32.9. The van der Waals surface area contributed by atoms with Crippen molar-refractivity contribution >= 4 is 40.0 Å². The van der Waals surface area contributed by atoms with Crippen molar-refractivity contribution in [3.05, 3.63) is 200 Å². The van der Waals surface area contributed by atoms with E-state index in [1.54, 1.807) is 0 Å². The predicted octanol–water partition coefficient (Wildman–Crippen LogP) is 13.0. The monoisotopic (exact) mass is 769 g/mol. The minimum Gasteiger partial charge on any atom is -0.208 e. The molecule has 0 radical (unpaired) electrons. The first kappa shape index (κ1) is 34.9. The maximum atomic E-state index is 5.32. The quantitative estimate of drug-likeness (QED) is 0.158. The van der Waals surface area contributed by atoms with Crippen molar-refractivity contribution in [2.24, 2.45) is 0 Å². The molecule has 0 unspecified atom stereocenters. The number of hydrogen-bond donors (Lipinski definition) is 0. The van der Waals surface area contributed by atoms with Crippen molar-refractivity contribution in [1.29, 1.82) is 0 Å². The van der Waals surface area contributed by atoms with Gasteiger partial charge in [0, 0.05) is 16.7 Å². The summed E-state index contributed by atoms with van der Waals surface area (Å²) in [6.07, 6.45) is 0. The zero-order valence-corrected chi connectivity index (χ0v) is 33.9. The topological polar surface area (TPSA) is 38.7 Å². The number of aromatic nitrogens is 3. The Morgan fingerprint density at radius 3 is 1.51 bits per heavy atom. The normalized spacial score (nSPS) is 12.7. The lowest BCUT2D eigenvalue weighted by molar-refractivity contribution is 1.07. The van der Waals surface area contributed by atoms with Crippen molar-refractivity contribution in [1.82, 2.24) is 15.0 Å². The SMILES string of the molecule is C[Si]1(C)c2ccccc2-c2ccc(-c3nc(-c4cccc(-c5ccc(-c6cccc7ccccc67)cc5)c4)nc(-c4ccccc4-c4cccc5ccccc45)n3)cc21. The summed E-state index contributed by atoms with van der Waals surface area (Å²) in [5.41, 5.74) is 12.5. The van der Waals surface area contributed by atoms with Gasteiger partial charge in [-0.05, 0) is 82.5 Å². The van der Waals surface area contributed by atoms with E-state index in [-0.39, 0.29) is 0 Å². The molecule has 0 amide bonds. The van der Waals surface area contributed by atoms with Gasteiger partial charge in [0.05, 0.1) is 0 Å². The molecule has 2 heterocycles. The van der Waals surface area contributed by atoms with Crippen LogP contribution in [-0.2, 0) is 0 Å². The highest BCUT2D eigenvalue weighted by atomic mass is 28.3. The van der Waals surface area contributed by atoms with Crippen LogP contribution in [0.25, 0.3) is 100 Å². The Bertz CT molecular complexity index is 3250. The maximum Gasteiger partial charge on any atom is 0.164 e. The second-order valence-electron chi connectivity index (χ2n) is 16.0. The molecule has 0 aliphatic carbocycles. The summed E-state index contributed by atoms with van der Waals surface area (Å²) in [4.78, 5) is 15.9. The van der Waals surface area contributed by atoms with E-state index < -0.39 is 8.07 Å². The molecule has 0 saturated heterocycles. The van der Waals surface area contributed by atoms with Crippen LogP contribution in [0.2, 0.25) is 13.1 Å². The lowest BCUT2D eigenvalue weighted by atomic mass is 9.94. The molecule has 0 fully saturated rings. The van der Waals surface area contributed by atoms with Crippen molar-refractivity contribution in [2.45, 2.75) is 13.1 Å². The van der Waals surface area contributed by atoms with E-state index in [0.717, 1.165) is 38.9 Å². The highest BCUT2D eigenvalue weighted by Crippen LogP contribution is 2.38. The Labute approximate surface area is 345 Å². The van der Waals surface area contributed by atoms with Crippen molar-refractivity contribution in [3.63, 3.8) is 0 Å². The van der Waals surface area contributed by atoms with Gasteiger partial charge in [0.1, 0.15) is 8.07 Å². The van der Waals surface area contributed by atoms with Crippen LogP contribution in [0.5, 0.6) is 0 Å². The highest BCUT2D eigenvalue weighted by molar-refractivity contribution is 7.03. The van der Waals surface area contributed by atoms with Crippen molar-refractivity contribution < 1.29 is 0 Å². The number of rotatable bonds is 6. The smallest absolute Gasteiger partial charge is 0.164 e. The van der Waals surface area contributed by atoms with E-state index in [4.69, 9.17) is 15.0 Å². The first-order valence-electron chi connectivity index (χ1n) is 20.3. The predicted molar refractivity (Wildman–Crippen MR) is 250 cm³/mol. The highest BCUT2D eigenvalue weighted by Gasteiger charge is 2.37. The first-order valence-corrected chi connectivity index (χ1v) is 23.3. The molecule has 3 nitrogen and oxygen atoms in total. The van der Waals surface area contributed by atoms with E-state index in [9.17, 15) is 0 Å². The third kappa shape index (κ3) is 6.00. The van der Waals surface area contributed by atoms with Crippen LogP contribution in [0, 0.1) is 0 Å². The van der Waals surface area contributed by atoms with E-state index >= 15 is 0 Å². The largest absolute Gasteiger partial charge is 0.208 e. The molecule has 10 aromatic rings. The van der Waals surface area contributed by atoms with E-state index in [1.807, 2.05) is 0 Å². The Morgan fingerprint density at radius 1 is 0.288 bits per heavy atom. The summed E-state index contributed by atoms with van der Waals surface area (Å²) < 4.78 is 0. The van der Waals surface area contributed by atoms with Gasteiger partial charge in [0.25, 0.3) is 0 Å². The molecular formula is C55H39N3Si. The van der Waals surface area contributed by atoms with Crippen LogP contribution in [0.15, 0.2) is 200 Å². The first-order chi connectivity index (χ1) is 29.0. The Balaban J connectivity index is 1.05. The van der Waals surface area contributed by atoms with E-state index in [1.165, 1.54) is 54.2 Å². The average Bonchev–Trinajstić information content (AvgIpc) is 3.53. The molecule has 59 heavy (non-hydrogen) atoms. The molecular weight excluding hydrogens is 731 g/mol. The standard InChI is InChI=1S/C55H39N3Si/c1-59(2)51-27-10-9-23-48(51)49-33-32-42(35-52(49)59)54-56-53(57-55(58-54)50-24-8-7-22-47(50)46-26-13-17-38-15-4-6-21-45(38)46)41-19-11-18-40(34-41)36-28-30-39(31-29-36)44-25-12-16-37-14-3-5-20-43(37)44/h3-35H,1-2H3. The van der Waals surface area contributed by atoms with E-state index in [2.05, 4.69) is 213 Å². The van der Waals surface area contributed by atoms with Gasteiger partial charge in [0.15, 0.2) is 17.5 Å². The molecule has 278 valence electrons. The van der Waals surface area contributed by atoms with Crippen LogP contribution < -0.4 is 10.4 Å². The lowest BCUT2D eigenvalue weighted by Crippen LogP contribution is -2.49. The summed E-state index contributed by atoms with van der Waals surface area (Å²) in [6, 6.07) is 71.9. The van der Waals surface area contributed by atoms with Gasteiger partial charge >= 0.3 is 0 Å². The molecule has 1 aliphatic heterocycles. The molecule has 4 heteroatoms. The fourth-order valence-electron chi connectivity index (χ4n) is 9.13. The molecule has 0 N–H and O–H groups in total. The molecule has 0 atom stereocenters. The third-order valence-corrected chi connectivity index (χ3v) is 15.7. The molecule has 0 bridgehead atoms. The van der Waals surface area contributed by atoms with Crippen LogP contribution in [0.1, 0.15) is 0 Å². The van der Waals surface area contributed by atoms with E-state index in [0.29, 0.717) is 17.5 Å². The molecule has 1 aliphatic rings. The van der Waals surface area contributed by atoms with Crippen molar-refractivity contribution in [2.75, 3.05) is 0 Å². The van der Waals surface area contributed by atoms with Crippen molar-refractivity contribution in [3.8, 4) is 78.7 Å². The van der Waals surface area contributed by atoms with Gasteiger partial charge in [0.2, 0.25) is 0 Å². The Hall–Kier alpha value is -7.27. The molecule has 1 aromatic heterocycles. The van der Waals surface area contributed by atoms with Crippen LogP contribution >= 0.6 is 0 Å². The van der Waals surface area contributed by atoms with Gasteiger partial charge in [-0.1, -0.05) is 207 Å². The second kappa shape index (κ2) is 14.0. The molecule has 11 rings (SSSR count). The maximum absolute atomic E-state index is 5.32. The minimum absolute atomic E-state index is 0.646. The third-order valence-electron chi connectivity index (χ3n) is 12.2. The fraction of sp³-hybridized carbons (Fsp3) is 0.0364. The van der Waals surface area contributed by atoms with Gasteiger partial charge in [-0.2, -0.15) is 0 Å². The summed E-state index contributed by atoms with van der Waals surface area (Å²) in [5, 5.41) is 7.80. The average molecular weight is 770 g/mol. The number of hydrogen-bond acceptors (Lipinski definition) is 3. The summed E-state index contributed by atoms with van der Waals surface area (Å²) in [6.45, 7) is 4.90. The summed E-state index contributed by atoms with van der Waals surface area (Å²) >= 11 is 0. The number of nitrogens with zero attached hydrogens (tertiary/aromatic N) is 3. The zero-order chi connectivity index (χ0) is 39.5. The Kier molecular flexibility index (Phi) is 8.28. The van der Waals surface area contributed by atoms with Gasteiger partial charge in [-0.25, -0.2) is 15.0 Å². The second-order valence-corrected chi connectivity index (χ2v) is 20.3. The van der Waals surface area contributed by atoms with Gasteiger partial charge < -0.3 is 0 Å². The molecule has 0 spiro atoms. The number of benzene rings is 9.